The molecule has 0 aromatic heterocycles. The maximum Gasteiger partial charge on any atom is 0.108 e. The Labute approximate surface area is 74.9 Å². The maximum atomic E-state index is 13.4. The van der Waals surface area contributed by atoms with Gasteiger partial charge in [0.05, 0.1) is 0 Å². The van der Waals surface area contributed by atoms with Gasteiger partial charge >= 0.3 is 0 Å². The van der Waals surface area contributed by atoms with Gasteiger partial charge in [-0.2, -0.15) is 0 Å². The van der Waals surface area contributed by atoms with Gasteiger partial charge in [-0.1, -0.05) is 13.0 Å². The summed E-state index contributed by atoms with van der Waals surface area (Å²) in [6.07, 6.45) is 5.51. The lowest BCUT2D eigenvalue weighted by atomic mass is 9.76. The second-order valence-corrected chi connectivity index (χ2v) is 4.35. The van der Waals surface area contributed by atoms with E-state index in [0.717, 1.165) is 25.7 Å². The van der Waals surface area contributed by atoms with E-state index in [4.69, 9.17) is 0 Å². The van der Waals surface area contributed by atoms with Crippen molar-refractivity contribution in [1.82, 2.24) is 0 Å². The van der Waals surface area contributed by atoms with Gasteiger partial charge in [0.2, 0.25) is 0 Å². The molecule has 0 aromatic rings. The third kappa shape index (κ3) is 2.33. The zero-order chi connectivity index (χ0) is 9.19. The van der Waals surface area contributed by atoms with Gasteiger partial charge in [-0.25, -0.2) is 4.39 Å². The predicted molar refractivity (Wildman–Crippen MR) is 50.8 cm³/mol. The van der Waals surface area contributed by atoms with E-state index < -0.39 is 5.67 Å². The van der Waals surface area contributed by atoms with Gasteiger partial charge in [0, 0.05) is 0 Å². The van der Waals surface area contributed by atoms with Gasteiger partial charge in [0.1, 0.15) is 5.67 Å². The minimum absolute atomic E-state index is 0.557. The van der Waals surface area contributed by atoms with E-state index in [0.29, 0.717) is 11.8 Å². The summed E-state index contributed by atoms with van der Waals surface area (Å²) >= 11 is 0. The first-order valence-corrected chi connectivity index (χ1v) is 4.86. The number of alkyl halides is 1. The average molecular weight is 170 g/mol. The fourth-order valence-electron chi connectivity index (χ4n) is 1.96. The van der Waals surface area contributed by atoms with E-state index in [1.165, 1.54) is 0 Å². The Hall–Kier alpha value is -0.330. The SMILES string of the molecule is C=C[C@H](C)C1CCC(C)(F)CC1. The van der Waals surface area contributed by atoms with Crippen molar-refractivity contribution in [2.75, 3.05) is 0 Å². The van der Waals surface area contributed by atoms with Crippen molar-refractivity contribution >= 4 is 0 Å². The molecule has 0 spiro atoms. The van der Waals surface area contributed by atoms with Crippen LogP contribution in [0.3, 0.4) is 0 Å². The van der Waals surface area contributed by atoms with E-state index in [-0.39, 0.29) is 0 Å². The summed E-state index contributed by atoms with van der Waals surface area (Å²) in [6, 6.07) is 0. The Kier molecular flexibility index (Phi) is 2.92. The monoisotopic (exact) mass is 170 g/mol. The van der Waals surface area contributed by atoms with Crippen molar-refractivity contribution in [1.29, 1.82) is 0 Å². The molecule has 0 heterocycles. The zero-order valence-corrected chi connectivity index (χ0v) is 8.15. The van der Waals surface area contributed by atoms with Crippen molar-refractivity contribution in [2.24, 2.45) is 11.8 Å². The number of allylic oxidation sites excluding steroid dienone is 1. The molecule has 1 aliphatic rings. The second-order valence-electron chi connectivity index (χ2n) is 4.35. The Bertz CT molecular complexity index is 150. The lowest BCUT2D eigenvalue weighted by Crippen LogP contribution is -2.28. The summed E-state index contributed by atoms with van der Waals surface area (Å²) in [5.41, 5.74) is -0.891. The lowest BCUT2D eigenvalue weighted by Gasteiger charge is -2.33. The molecule has 1 rings (SSSR count). The van der Waals surface area contributed by atoms with Crippen LogP contribution in [0.5, 0.6) is 0 Å². The normalized spacial score (nSPS) is 39.1. The predicted octanol–water partition coefficient (Wildman–Crippen LogP) is 3.73. The molecule has 0 nitrogen and oxygen atoms in total. The highest BCUT2D eigenvalue weighted by atomic mass is 19.1. The third-order valence-corrected chi connectivity index (χ3v) is 3.19. The van der Waals surface area contributed by atoms with Crippen LogP contribution in [0.4, 0.5) is 4.39 Å². The number of hydrogen-bond donors (Lipinski definition) is 0. The summed E-state index contributed by atoms with van der Waals surface area (Å²) < 4.78 is 13.4. The van der Waals surface area contributed by atoms with Crippen LogP contribution >= 0.6 is 0 Å². The van der Waals surface area contributed by atoms with Crippen molar-refractivity contribution in [2.45, 2.75) is 45.2 Å². The first-order valence-electron chi connectivity index (χ1n) is 4.86. The van der Waals surface area contributed by atoms with Crippen LogP contribution in [-0.4, -0.2) is 5.67 Å². The van der Waals surface area contributed by atoms with Crippen molar-refractivity contribution in [3.63, 3.8) is 0 Å². The molecule has 1 saturated carbocycles. The number of hydrogen-bond acceptors (Lipinski definition) is 0. The molecule has 0 N–H and O–H groups in total. The Morgan fingerprint density at radius 2 is 2.00 bits per heavy atom. The van der Waals surface area contributed by atoms with Gasteiger partial charge in [-0.05, 0) is 44.4 Å². The quantitative estimate of drug-likeness (QED) is 0.554. The molecule has 0 aromatic carbocycles. The first kappa shape index (κ1) is 9.76. The van der Waals surface area contributed by atoms with E-state index >= 15 is 0 Å². The van der Waals surface area contributed by atoms with Gasteiger partial charge in [0.25, 0.3) is 0 Å². The zero-order valence-electron chi connectivity index (χ0n) is 8.15. The van der Waals surface area contributed by atoms with E-state index in [2.05, 4.69) is 13.5 Å². The molecule has 1 atom stereocenters. The van der Waals surface area contributed by atoms with E-state index in [9.17, 15) is 4.39 Å². The van der Waals surface area contributed by atoms with Crippen LogP contribution in [0.25, 0.3) is 0 Å². The summed E-state index contributed by atoms with van der Waals surface area (Å²) in [7, 11) is 0. The molecule has 1 aliphatic carbocycles. The Balaban J connectivity index is 2.40. The summed E-state index contributed by atoms with van der Waals surface area (Å²) in [5, 5.41) is 0. The maximum absolute atomic E-state index is 13.4. The summed E-state index contributed by atoms with van der Waals surface area (Å²) in [4.78, 5) is 0. The second kappa shape index (κ2) is 3.59. The van der Waals surface area contributed by atoms with Crippen molar-refractivity contribution < 1.29 is 4.39 Å². The molecule has 0 aliphatic heterocycles. The van der Waals surface area contributed by atoms with Gasteiger partial charge in [-0.3, -0.25) is 0 Å². The van der Waals surface area contributed by atoms with Crippen LogP contribution in [-0.2, 0) is 0 Å². The average Bonchev–Trinajstić information content (AvgIpc) is 2.03. The molecule has 1 fully saturated rings. The first-order chi connectivity index (χ1) is 5.55. The minimum atomic E-state index is -0.891. The van der Waals surface area contributed by atoms with Gasteiger partial charge in [-0.15, -0.1) is 6.58 Å². The molecule has 0 saturated heterocycles. The molecular weight excluding hydrogens is 151 g/mol. The highest BCUT2D eigenvalue weighted by molar-refractivity contribution is 4.88. The molecule has 0 bridgehead atoms. The van der Waals surface area contributed by atoms with Crippen molar-refractivity contribution in [3.05, 3.63) is 12.7 Å². The fraction of sp³-hybridized carbons (Fsp3) is 0.818. The fourth-order valence-corrected chi connectivity index (χ4v) is 1.96. The van der Waals surface area contributed by atoms with Crippen LogP contribution in [0.15, 0.2) is 12.7 Å². The van der Waals surface area contributed by atoms with Gasteiger partial charge in [0.15, 0.2) is 0 Å². The van der Waals surface area contributed by atoms with E-state index in [1.807, 2.05) is 6.08 Å². The molecule has 0 unspecified atom stereocenters. The summed E-state index contributed by atoms with van der Waals surface area (Å²) in [6.45, 7) is 7.68. The highest BCUT2D eigenvalue weighted by Crippen LogP contribution is 2.37. The largest absolute Gasteiger partial charge is 0.244 e. The minimum Gasteiger partial charge on any atom is -0.244 e. The molecule has 0 amide bonds. The van der Waals surface area contributed by atoms with Gasteiger partial charge < -0.3 is 0 Å². The summed E-state index contributed by atoms with van der Waals surface area (Å²) in [5.74, 6) is 1.23. The Morgan fingerprint density at radius 1 is 1.50 bits per heavy atom. The van der Waals surface area contributed by atoms with Crippen molar-refractivity contribution in [3.8, 4) is 0 Å². The van der Waals surface area contributed by atoms with Crippen LogP contribution < -0.4 is 0 Å². The number of rotatable bonds is 2. The molecule has 12 heavy (non-hydrogen) atoms. The molecule has 0 radical (unpaired) electrons. The third-order valence-electron chi connectivity index (χ3n) is 3.19. The lowest BCUT2D eigenvalue weighted by molar-refractivity contribution is 0.0932. The van der Waals surface area contributed by atoms with E-state index in [1.54, 1.807) is 6.92 Å². The topological polar surface area (TPSA) is 0 Å². The highest BCUT2D eigenvalue weighted by Gasteiger charge is 2.31. The smallest absolute Gasteiger partial charge is 0.108 e. The number of halogens is 1. The van der Waals surface area contributed by atoms with Crippen LogP contribution in [0, 0.1) is 11.8 Å². The molecular formula is C11H19F. The standard InChI is InChI=1S/C11H19F/c1-4-9(2)10-5-7-11(3,12)8-6-10/h4,9-10H,1,5-8H2,2-3H3/t9-,10?,11?/m0/s1. The molecule has 1 heteroatoms. The molecule has 70 valence electrons. The van der Waals surface area contributed by atoms with Crippen LogP contribution in [0.2, 0.25) is 0 Å². The Morgan fingerprint density at radius 3 is 2.42 bits per heavy atom. The van der Waals surface area contributed by atoms with Crippen LogP contribution in [0.1, 0.15) is 39.5 Å².